The van der Waals surface area contributed by atoms with E-state index in [1.54, 1.807) is 42.7 Å². The van der Waals surface area contributed by atoms with Gasteiger partial charge in [0.2, 0.25) is 0 Å². The number of hydrogen-bond acceptors (Lipinski definition) is 4. The van der Waals surface area contributed by atoms with Gasteiger partial charge >= 0.3 is 0 Å². The molecule has 2 heterocycles. The van der Waals surface area contributed by atoms with Gasteiger partial charge < -0.3 is 10.6 Å². The van der Waals surface area contributed by atoms with E-state index >= 15 is 0 Å². The second-order valence-electron chi connectivity index (χ2n) is 7.59. The molecule has 6 heteroatoms. The molecule has 0 spiro atoms. The largest absolute Gasteiger partial charge is 0.349 e. The highest BCUT2D eigenvalue weighted by molar-refractivity contribution is 6.13. The topological polar surface area (TPSA) is 84.0 Å². The van der Waals surface area contributed by atoms with Crippen molar-refractivity contribution in [1.29, 1.82) is 0 Å². The molecule has 6 nitrogen and oxygen atoms in total. The van der Waals surface area contributed by atoms with Crippen molar-refractivity contribution >= 4 is 28.4 Å². The van der Waals surface area contributed by atoms with Crippen molar-refractivity contribution in [2.45, 2.75) is 18.9 Å². The van der Waals surface area contributed by atoms with Gasteiger partial charge in [-0.05, 0) is 61.4 Å². The molecule has 1 saturated carbocycles. The van der Waals surface area contributed by atoms with Crippen molar-refractivity contribution in [2.24, 2.45) is 0 Å². The van der Waals surface area contributed by atoms with Crippen LogP contribution in [-0.2, 0) is 0 Å². The maximum Gasteiger partial charge on any atom is 0.256 e. The van der Waals surface area contributed by atoms with Crippen LogP contribution in [-0.4, -0.2) is 27.8 Å². The second-order valence-corrected chi connectivity index (χ2v) is 7.59. The van der Waals surface area contributed by atoms with Crippen LogP contribution >= 0.6 is 0 Å². The number of carbonyl (C=O) groups excluding carboxylic acids is 2. The Morgan fingerprint density at radius 3 is 2.45 bits per heavy atom. The zero-order valence-electron chi connectivity index (χ0n) is 16.7. The van der Waals surface area contributed by atoms with E-state index in [4.69, 9.17) is 4.98 Å². The zero-order valence-corrected chi connectivity index (χ0v) is 16.7. The third kappa shape index (κ3) is 4.14. The summed E-state index contributed by atoms with van der Waals surface area (Å²) in [6.07, 6.45) is 5.51. The lowest BCUT2D eigenvalue weighted by Gasteiger charge is -2.11. The van der Waals surface area contributed by atoms with Gasteiger partial charge in [-0.2, -0.15) is 0 Å². The van der Waals surface area contributed by atoms with Gasteiger partial charge in [0.05, 0.1) is 16.8 Å². The van der Waals surface area contributed by atoms with Crippen LogP contribution in [0.1, 0.15) is 33.6 Å². The first-order valence-corrected chi connectivity index (χ1v) is 10.2. The molecule has 1 fully saturated rings. The number of hydrogen-bond donors (Lipinski definition) is 2. The SMILES string of the molecule is O=C(NC1CC1)c1ccc(NC(=O)c2cc(-c3cccnc3)nc3ccccc23)cc1. The molecule has 0 saturated heterocycles. The Morgan fingerprint density at radius 1 is 0.903 bits per heavy atom. The lowest BCUT2D eigenvalue weighted by molar-refractivity contribution is 0.0950. The van der Waals surface area contributed by atoms with Crippen molar-refractivity contribution in [1.82, 2.24) is 15.3 Å². The fraction of sp³-hybridized carbons (Fsp3) is 0.120. The lowest BCUT2D eigenvalue weighted by atomic mass is 10.0. The van der Waals surface area contributed by atoms with Crippen molar-refractivity contribution < 1.29 is 9.59 Å². The van der Waals surface area contributed by atoms with E-state index in [0.29, 0.717) is 28.6 Å². The fourth-order valence-corrected chi connectivity index (χ4v) is 3.43. The van der Waals surface area contributed by atoms with Crippen molar-refractivity contribution in [3.63, 3.8) is 0 Å². The van der Waals surface area contributed by atoms with E-state index < -0.39 is 0 Å². The summed E-state index contributed by atoms with van der Waals surface area (Å²) in [6.45, 7) is 0. The van der Waals surface area contributed by atoms with E-state index in [2.05, 4.69) is 15.6 Å². The van der Waals surface area contributed by atoms with Crippen molar-refractivity contribution in [3.05, 3.63) is 90.3 Å². The molecule has 2 amide bonds. The molecule has 0 aliphatic heterocycles. The van der Waals surface area contributed by atoms with Gasteiger partial charge in [-0.15, -0.1) is 0 Å². The Bertz CT molecular complexity index is 1270. The van der Waals surface area contributed by atoms with Crippen LogP contribution in [0, 0.1) is 0 Å². The molecule has 0 bridgehead atoms. The number of anilines is 1. The van der Waals surface area contributed by atoms with Gasteiger partial charge in [-0.25, -0.2) is 4.98 Å². The van der Waals surface area contributed by atoms with Gasteiger partial charge in [0, 0.05) is 40.6 Å². The molecule has 0 radical (unpaired) electrons. The van der Waals surface area contributed by atoms with Crippen LogP contribution in [0.15, 0.2) is 79.1 Å². The molecule has 31 heavy (non-hydrogen) atoms. The average molecular weight is 408 g/mol. The minimum absolute atomic E-state index is 0.0818. The summed E-state index contributed by atoms with van der Waals surface area (Å²) in [5.74, 6) is -0.319. The summed E-state index contributed by atoms with van der Waals surface area (Å²) >= 11 is 0. The summed E-state index contributed by atoms with van der Waals surface area (Å²) < 4.78 is 0. The fourth-order valence-electron chi connectivity index (χ4n) is 3.43. The van der Waals surface area contributed by atoms with Gasteiger partial charge in [-0.1, -0.05) is 18.2 Å². The molecule has 2 aromatic carbocycles. The summed E-state index contributed by atoms with van der Waals surface area (Å²) in [6, 6.07) is 20.3. The number of rotatable bonds is 5. The summed E-state index contributed by atoms with van der Waals surface area (Å²) in [5.41, 5.74) is 3.99. The van der Waals surface area contributed by atoms with Gasteiger partial charge in [0.25, 0.3) is 11.8 Å². The van der Waals surface area contributed by atoms with Crippen molar-refractivity contribution in [3.8, 4) is 11.3 Å². The number of para-hydroxylation sites is 1. The predicted molar refractivity (Wildman–Crippen MR) is 120 cm³/mol. The number of amides is 2. The standard InChI is InChI=1S/C25H20N4O2/c30-24(27-19-11-12-19)16-7-9-18(10-8-16)28-25(31)21-14-23(17-4-3-13-26-15-17)29-22-6-2-1-5-20(21)22/h1-10,13-15,19H,11-12H2,(H,27,30)(H,28,31). The molecule has 152 valence electrons. The maximum atomic E-state index is 13.2. The minimum Gasteiger partial charge on any atom is -0.349 e. The van der Waals surface area contributed by atoms with Crippen LogP contribution in [0.3, 0.4) is 0 Å². The Hall–Kier alpha value is -4.06. The van der Waals surface area contributed by atoms with E-state index in [-0.39, 0.29) is 11.8 Å². The molecule has 4 aromatic rings. The molecule has 2 N–H and O–H groups in total. The Balaban J connectivity index is 1.43. The third-order valence-electron chi connectivity index (χ3n) is 5.24. The first kappa shape index (κ1) is 18.9. The maximum absolute atomic E-state index is 13.2. The first-order chi connectivity index (χ1) is 15.2. The molecule has 0 unspecified atom stereocenters. The normalized spacial score (nSPS) is 13.0. The van der Waals surface area contributed by atoms with Gasteiger partial charge in [0.1, 0.15) is 0 Å². The number of aromatic nitrogens is 2. The molecular weight excluding hydrogens is 388 g/mol. The van der Waals surface area contributed by atoms with Crippen LogP contribution in [0.5, 0.6) is 0 Å². The van der Waals surface area contributed by atoms with Crippen LogP contribution in [0.4, 0.5) is 5.69 Å². The summed E-state index contributed by atoms with van der Waals surface area (Å²) in [5, 5.41) is 6.67. The minimum atomic E-state index is -0.237. The van der Waals surface area contributed by atoms with Crippen LogP contribution < -0.4 is 10.6 Å². The Labute approximate surface area is 179 Å². The zero-order chi connectivity index (χ0) is 21.2. The molecular formula is C25H20N4O2. The predicted octanol–water partition coefficient (Wildman–Crippen LogP) is 4.44. The molecule has 0 atom stereocenters. The van der Waals surface area contributed by atoms with E-state index in [1.807, 2.05) is 36.4 Å². The van der Waals surface area contributed by atoms with E-state index in [9.17, 15) is 9.59 Å². The second kappa shape index (κ2) is 7.99. The highest BCUT2D eigenvalue weighted by Gasteiger charge is 2.23. The lowest BCUT2D eigenvalue weighted by Crippen LogP contribution is -2.25. The molecule has 1 aliphatic rings. The Morgan fingerprint density at radius 2 is 1.71 bits per heavy atom. The molecule has 5 rings (SSSR count). The number of carbonyl (C=O) groups is 2. The first-order valence-electron chi connectivity index (χ1n) is 10.2. The summed E-state index contributed by atoms with van der Waals surface area (Å²) in [7, 11) is 0. The Kier molecular flexibility index (Phi) is 4.88. The smallest absolute Gasteiger partial charge is 0.256 e. The van der Waals surface area contributed by atoms with Gasteiger partial charge in [0.15, 0.2) is 0 Å². The summed E-state index contributed by atoms with van der Waals surface area (Å²) in [4.78, 5) is 34.2. The highest BCUT2D eigenvalue weighted by atomic mass is 16.2. The third-order valence-corrected chi connectivity index (χ3v) is 5.24. The molecule has 2 aromatic heterocycles. The number of fused-ring (bicyclic) bond motifs is 1. The van der Waals surface area contributed by atoms with Crippen LogP contribution in [0.2, 0.25) is 0 Å². The average Bonchev–Trinajstić information content (AvgIpc) is 3.63. The van der Waals surface area contributed by atoms with E-state index in [0.717, 1.165) is 29.3 Å². The molecule has 1 aliphatic carbocycles. The number of nitrogens with zero attached hydrogens (tertiary/aromatic N) is 2. The van der Waals surface area contributed by atoms with Crippen molar-refractivity contribution in [2.75, 3.05) is 5.32 Å². The number of nitrogens with one attached hydrogen (secondary N) is 2. The van der Waals surface area contributed by atoms with E-state index in [1.165, 1.54) is 0 Å². The van der Waals surface area contributed by atoms with Crippen LogP contribution in [0.25, 0.3) is 22.2 Å². The number of benzene rings is 2. The highest BCUT2D eigenvalue weighted by Crippen LogP contribution is 2.25. The van der Waals surface area contributed by atoms with Gasteiger partial charge in [-0.3, -0.25) is 14.6 Å². The number of pyridine rings is 2. The quantitative estimate of drug-likeness (QED) is 0.511. The monoisotopic (exact) mass is 408 g/mol.